The van der Waals surface area contributed by atoms with Gasteiger partial charge in [0.2, 0.25) is 0 Å². The Morgan fingerprint density at radius 2 is 0.520 bits per heavy atom. The molecule has 0 aliphatic carbocycles. The molecule has 3 N–H and O–H groups in total. The number of aliphatic hydroxyl groups excluding tert-OH is 1. The predicted octanol–water partition coefficient (Wildman–Crippen LogP) is 22.3. The van der Waals surface area contributed by atoms with Crippen LogP contribution in [0.1, 0.15) is 310 Å². The first kappa shape index (κ1) is 95.5. The zero-order valence-corrected chi connectivity index (χ0v) is 64.4. The van der Waals surface area contributed by atoms with Gasteiger partial charge in [-0.3, -0.25) is 37.3 Å². The van der Waals surface area contributed by atoms with Gasteiger partial charge in [-0.25, -0.2) is 9.13 Å². The van der Waals surface area contributed by atoms with Gasteiger partial charge >= 0.3 is 39.5 Å². The number of allylic oxidation sites excluding steroid dienone is 20. The van der Waals surface area contributed by atoms with Crippen molar-refractivity contribution in [2.75, 3.05) is 39.6 Å². The maximum absolute atomic E-state index is 13.1. The molecule has 0 aromatic carbocycles. The molecule has 0 aliphatic rings. The van der Waals surface area contributed by atoms with Crippen LogP contribution in [0.2, 0.25) is 0 Å². The van der Waals surface area contributed by atoms with Crippen molar-refractivity contribution in [3.63, 3.8) is 0 Å². The average Bonchev–Trinajstić information content (AvgIpc) is 0.946. The van der Waals surface area contributed by atoms with E-state index in [2.05, 4.69) is 149 Å². The van der Waals surface area contributed by atoms with Crippen LogP contribution in [0.4, 0.5) is 0 Å². The molecule has 5 atom stereocenters. The van der Waals surface area contributed by atoms with E-state index in [4.69, 9.17) is 37.0 Å². The highest BCUT2D eigenvalue weighted by atomic mass is 31.2. The molecule has 574 valence electrons. The molecule has 0 saturated carbocycles. The number of carbonyl (C=O) groups is 4. The lowest BCUT2D eigenvalue weighted by Crippen LogP contribution is -2.30. The third-order valence-electron chi connectivity index (χ3n) is 15.9. The summed E-state index contributed by atoms with van der Waals surface area (Å²) in [7, 11) is -9.97. The van der Waals surface area contributed by atoms with Crippen molar-refractivity contribution in [2.24, 2.45) is 0 Å². The van der Waals surface area contributed by atoms with Crippen LogP contribution in [0.3, 0.4) is 0 Å². The van der Waals surface area contributed by atoms with Crippen LogP contribution in [0.25, 0.3) is 0 Å². The standard InChI is InChI=1S/C81H138O17P2/c1-5-9-13-17-21-25-29-33-35-36-37-38-40-43-46-50-54-58-62-66-79(84)92-72-77(98-81(86)68-64-60-56-52-48-44-39-34-30-26-22-18-14-10-6-2)74-96-100(89,90)94-70-75(82)69-93-99(87,88)95-73-76(97-80(85)67-63-59-55-51-47-42-32-28-24-20-16-12-8-4)71-91-78(83)65-61-57-53-49-45-41-31-27-23-19-15-11-7-3/h9-10,13-14,21-22,25-28,31-35,37-39,43,46,75-77,82H,5-8,11-12,15-20,23-24,29-30,36,40-42,44-45,47-74H2,1-4H3,(H,87,88)(H,89,90)/b13-9-,14-10-,25-21-,26-22-,31-27-,32-28-,35-33-,38-37-,39-34-,46-43-. The fraction of sp³-hybridized carbons (Fsp3) is 0.704. The van der Waals surface area contributed by atoms with Crippen LogP contribution >= 0.6 is 15.6 Å². The first-order valence-corrected chi connectivity index (χ1v) is 41.8. The third-order valence-corrected chi connectivity index (χ3v) is 17.8. The predicted molar refractivity (Wildman–Crippen MR) is 408 cm³/mol. The summed E-state index contributed by atoms with van der Waals surface area (Å²) < 4.78 is 68.5. The van der Waals surface area contributed by atoms with Gasteiger partial charge in [-0.1, -0.05) is 252 Å². The second-order valence-electron chi connectivity index (χ2n) is 25.5. The van der Waals surface area contributed by atoms with Crippen molar-refractivity contribution in [2.45, 2.75) is 329 Å². The minimum Gasteiger partial charge on any atom is -0.462 e. The average molecular weight is 1450 g/mol. The largest absolute Gasteiger partial charge is 0.472 e. The SMILES string of the molecule is CC/C=C\C/C=C\C/C=C\C/C=C\C/C=C\CCCCCC(=O)OCC(COP(=O)(O)OCC(O)COP(=O)(O)OCC(COC(=O)CCCCCCC/C=C\CCCCCC)OC(=O)CCCCCCC/C=C\CCCCCC)OC(=O)CCCCCCC/C=C\C/C=C\C/C=C\CC. The maximum atomic E-state index is 13.1. The Kier molecular flexibility index (Phi) is 69.5. The van der Waals surface area contributed by atoms with Crippen LogP contribution in [0, 0.1) is 0 Å². The van der Waals surface area contributed by atoms with Gasteiger partial charge < -0.3 is 33.8 Å². The van der Waals surface area contributed by atoms with Crippen molar-refractivity contribution in [3.05, 3.63) is 122 Å². The number of ether oxygens (including phenoxy) is 4. The zero-order valence-electron chi connectivity index (χ0n) is 62.6. The summed E-state index contributed by atoms with van der Waals surface area (Å²) in [6.45, 7) is 4.55. The molecule has 0 bridgehead atoms. The van der Waals surface area contributed by atoms with E-state index in [9.17, 15) is 43.2 Å². The minimum absolute atomic E-state index is 0.0650. The lowest BCUT2D eigenvalue weighted by atomic mass is 10.1. The smallest absolute Gasteiger partial charge is 0.462 e. The number of phosphoric acid groups is 2. The summed E-state index contributed by atoms with van der Waals surface area (Å²) in [5.41, 5.74) is 0. The number of esters is 4. The van der Waals surface area contributed by atoms with Gasteiger partial charge in [-0.15, -0.1) is 0 Å². The van der Waals surface area contributed by atoms with Gasteiger partial charge in [-0.05, 0) is 154 Å². The van der Waals surface area contributed by atoms with Gasteiger partial charge in [0, 0.05) is 25.7 Å². The topological polar surface area (TPSA) is 237 Å². The summed E-state index contributed by atoms with van der Waals surface area (Å²) in [6, 6.07) is 0. The van der Waals surface area contributed by atoms with Crippen LogP contribution in [-0.4, -0.2) is 96.7 Å². The Balaban J connectivity index is 5.40. The minimum atomic E-state index is -4.99. The van der Waals surface area contributed by atoms with E-state index in [-0.39, 0.29) is 25.7 Å². The summed E-state index contributed by atoms with van der Waals surface area (Å²) in [5, 5.41) is 10.6. The lowest BCUT2D eigenvalue weighted by molar-refractivity contribution is -0.161. The quantitative estimate of drug-likeness (QED) is 0.0169. The van der Waals surface area contributed by atoms with E-state index in [0.717, 1.165) is 180 Å². The third kappa shape index (κ3) is 71.8. The van der Waals surface area contributed by atoms with Crippen LogP contribution in [-0.2, 0) is 65.4 Å². The van der Waals surface area contributed by atoms with E-state index in [1.165, 1.54) is 51.4 Å². The first-order valence-electron chi connectivity index (χ1n) is 38.8. The summed E-state index contributed by atoms with van der Waals surface area (Å²) in [5.74, 6) is -2.25. The highest BCUT2D eigenvalue weighted by Gasteiger charge is 2.30. The molecule has 17 nitrogen and oxygen atoms in total. The van der Waals surface area contributed by atoms with Crippen molar-refractivity contribution in [1.29, 1.82) is 0 Å². The van der Waals surface area contributed by atoms with E-state index in [1.54, 1.807) is 0 Å². The molecule has 0 aromatic heterocycles. The number of hydrogen-bond acceptors (Lipinski definition) is 15. The number of aliphatic hydroxyl groups is 1. The molecule has 100 heavy (non-hydrogen) atoms. The molecule has 0 rings (SSSR count). The highest BCUT2D eigenvalue weighted by Crippen LogP contribution is 2.45. The Bertz CT molecular complexity index is 2370. The van der Waals surface area contributed by atoms with E-state index in [0.29, 0.717) is 25.7 Å². The molecule has 5 unspecified atom stereocenters. The van der Waals surface area contributed by atoms with Crippen molar-refractivity contribution >= 4 is 39.5 Å². The number of carbonyl (C=O) groups excluding carboxylic acids is 4. The van der Waals surface area contributed by atoms with Gasteiger partial charge in [0.15, 0.2) is 12.2 Å². The second kappa shape index (κ2) is 72.8. The zero-order chi connectivity index (χ0) is 73.2. The van der Waals surface area contributed by atoms with Gasteiger partial charge in [0.25, 0.3) is 0 Å². The summed E-state index contributed by atoms with van der Waals surface area (Å²) >= 11 is 0. The molecule has 0 fully saturated rings. The number of phosphoric ester groups is 2. The number of unbranched alkanes of at least 4 members (excludes halogenated alkanes) is 26. The Morgan fingerprint density at radius 3 is 0.820 bits per heavy atom. The molecule has 0 saturated heterocycles. The van der Waals surface area contributed by atoms with Gasteiger partial charge in [0.1, 0.15) is 19.3 Å². The second-order valence-corrected chi connectivity index (χ2v) is 28.4. The van der Waals surface area contributed by atoms with Crippen molar-refractivity contribution < 1.29 is 80.2 Å². The molecule has 0 spiro atoms. The number of hydrogen-bond donors (Lipinski definition) is 3. The Morgan fingerprint density at radius 1 is 0.290 bits per heavy atom. The molecular weight excluding hydrogens is 1310 g/mol. The Labute approximate surface area is 606 Å². The number of rotatable bonds is 72. The molecule has 0 aliphatic heterocycles. The van der Waals surface area contributed by atoms with E-state index in [1.807, 2.05) is 0 Å². The summed E-state index contributed by atoms with van der Waals surface area (Å²) in [4.78, 5) is 72.9. The normalized spacial score (nSPS) is 14.6. The molecular formula is C81H138O17P2. The Hall–Kier alpha value is -4.54. The molecule has 0 aromatic rings. The first-order chi connectivity index (χ1) is 48.7. The van der Waals surface area contributed by atoms with Crippen molar-refractivity contribution in [3.8, 4) is 0 Å². The molecule has 19 heteroatoms. The summed E-state index contributed by atoms with van der Waals surface area (Å²) in [6.07, 6.45) is 79.0. The molecule has 0 heterocycles. The highest BCUT2D eigenvalue weighted by molar-refractivity contribution is 7.47. The monoisotopic (exact) mass is 1440 g/mol. The van der Waals surface area contributed by atoms with Crippen LogP contribution < -0.4 is 0 Å². The maximum Gasteiger partial charge on any atom is 0.472 e. The van der Waals surface area contributed by atoms with Crippen LogP contribution in [0.15, 0.2) is 122 Å². The van der Waals surface area contributed by atoms with E-state index >= 15 is 0 Å². The van der Waals surface area contributed by atoms with Gasteiger partial charge in [0.05, 0.1) is 26.4 Å². The molecule has 0 radical (unpaired) electrons. The molecule has 0 amide bonds. The van der Waals surface area contributed by atoms with Crippen molar-refractivity contribution in [1.82, 2.24) is 0 Å². The van der Waals surface area contributed by atoms with Crippen LogP contribution in [0.5, 0.6) is 0 Å². The fourth-order valence-corrected chi connectivity index (χ4v) is 11.6. The lowest BCUT2D eigenvalue weighted by Gasteiger charge is -2.21. The fourth-order valence-electron chi connectivity index (χ4n) is 10.0. The van der Waals surface area contributed by atoms with E-state index < -0.39 is 97.5 Å². The van der Waals surface area contributed by atoms with Gasteiger partial charge in [-0.2, -0.15) is 0 Å².